The molecule has 1 aromatic carbocycles. The Kier molecular flexibility index (Phi) is 4.98. The Bertz CT molecular complexity index is 287. The summed E-state index contributed by atoms with van der Waals surface area (Å²) in [5.74, 6) is 0.810. The van der Waals surface area contributed by atoms with Crippen molar-refractivity contribution in [3.8, 4) is 5.75 Å². The van der Waals surface area contributed by atoms with Gasteiger partial charge in [-0.2, -0.15) is 0 Å². The Balaban J connectivity index is 2.66. The number of ether oxygens (including phenoxy) is 1. The van der Waals surface area contributed by atoms with Crippen molar-refractivity contribution in [1.82, 2.24) is 0 Å². The first-order chi connectivity index (χ1) is 6.79. The zero-order valence-electron chi connectivity index (χ0n) is 8.29. The van der Waals surface area contributed by atoms with E-state index in [9.17, 15) is 0 Å². The van der Waals surface area contributed by atoms with Crippen molar-refractivity contribution in [3.63, 3.8) is 0 Å². The Morgan fingerprint density at radius 1 is 1.43 bits per heavy atom. The average molecular weight is 259 g/mol. The number of rotatable bonds is 5. The molecule has 2 nitrogen and oxygen atoms in total. The van der Waals surface area contributed by atoms with Crippen molar-refractivity contribution in [2.24, 2.45) is 0 Å². The molecule has 0 saturated carbocycles. The first-order valence-electron chi connectivity index (χ1n) is 4.80. The third kappa shape index (κ3) is 3.00. The van der Waals surface area contributed by atoms with Gasteiger partial charge in [-0.25, -0.2) is 0 Å². The van der Waals surface area contributed by atoms with Gasteiger partial charge in [0.1, 0.15) is 5.75 Å². The Morgan fingerprint density at radius 3 is 2.86 bits per heavy atom. The van der Waals surface area contributed by atoms with Gasteiger partial charge in [0.15, 0.2) is 0 Å². The van der Waals surface area contributed by atoms with Crippen LogP contribution in [0.3, 0.4) is 0 Å². The summed E-state index contributed by atoms with van der Waals surface area (Å²) in [6.45, 7) is 2.89. The van der Waals surface area contributed by atoms with Gasteiger partial charge in [-0.05, 0) is 34.0 Å². The molecule has 0 saturated heterocycles. The molecule has 1 N–H and O–H groups in total. The van der Waals surface area contributed by atoms with Crippen molar-refractivity contribution in [2.45, 2.75) is 26.4 Å². The van der Waals surface area contributed by atoms with Crippen molar-refractivity contribution in [1.29, 1.82) is 0 Å². The lowest BCUT2D eigenvalue weighted by molar-refractivity contribution is 0.277. The number of hydrogen-bond donors (Lipinski definition) is 1. The number of benzene rings is 1. The first kappa shape index (κ1) is 11.5. The minimum Gasteiger partial charge on any atom is -0.492 e. The largest absolute Gasteiger partial charge is 0.492 e. The molecule has 0 amide bonds. The predicted octanol–water partition coefficient (Wildman–Crippen LogP) is 3.12. The molecule has 0 aliphatic rings. The molecule has 78 valence electrons. The molecule has 0 fully saturated rings. The van der Waals surface area contributed by atoms with E-state index in [0.717, 1.165) is 35.2 Å². The highest BCUT2D eigenvalue weighted by atomic mass is 79.9. The van der Waals surface area contributed by atoms with Gasteiger partial charge in [-0.3, -0.25) is 0 Å². The number of halogens is 1. The molecule has 0 radical (unpaired) electrons. The van der Waals surface area contributed by atoms with Crippen molar-refractivity contribution >= 4 is 15.9 Å². The van der Waals surface area contributed by atoms with E-state index in [1.165, 1.54) is 0 Å². The van der Waals surface area contributed by atoms with Gasteiger partial charge in [0, 0.05) is 0 Å². The second kappa shape index (κ2) is 6.04. The molecular formula is C11H15BrO2. The third-order valence-electron chi connectivity index (χ3n) is 1.97. The van der Waals surface area contributed by atoms with E-state index in [4.69, 9.17) is 9.84 Å². The Morgan fingerprint density at radius 2 is 2.21 bits per heavy atom. The molecule has 14 heavy (non-hydrogen) atoms. The molecule has 1 rings (SSSR count). The van der Waals surface area contributed by atoms with E-state index in [1.807, 2.05) is 18.2 Å². The highest BCUT2D eigenvalue weighted by Gasteiger charge is 2.04. The van der Waals surface area contributed by atoms with Crippen LogP contribution in [-0.2, 0) is 6.61 Å². The number of unbranched alkanes of at least 4 members (excludes halogenated alkanes) is 1. The first-order valence-corrected chi connectivity index (χ1v) is 5.60. The highest BCUT2D eigenvalue weighted by molar-refractivity contribution is 9.10. The van der Waals surface area contributed by atoms with Crippen LogP contribution in [0.1, 0.15) is 25.3 Å². The van der Waals surface area contributed by atoms with Crippen molar-refractivity contribution in [3.05, 3.63) is 28.2 Å². The number of aliphatic hydroxyl groups excluding tert-OH is 1. The van der Waals surface area contributed by atoms with Gasteiger partial charge in [0.25, 0.3) is 0 Å². The lowest BCUT2D eigenvalue weighted by Crippen LogP contribution is -1.98. The maximum absolute atomic E-state index is 9.03. The van der Waals surface area contributed by atoms with Crippen LogP contribution >= 0.6 is 15.9 Å². The SMILES string of the molecule is CCCCOc1cccc(CO)c1Br. The fourth-order valence-corrected chi connectivity index (χ4v) is 1.62. The third-order valence-corrected chi connectivity index (χ3v) is 2.87. The molecule has 0 spiro atoms. The summed E-state index contributed by atoms with van der Waals surface area (Å²) >= 11 is 3.41. The second-order valence-electron chi connectivity index (χ2n) is 3.09. The van der Waals surface area contributed by atoms with E-state index in [1.54, 1.807) is 0 Å². The van der Waals surface area contributed by atoms with Crippen molar-refractivity contribution < 1.29 is 9.84 Å². The molecule has 3 heteroatoms. The van der Waals surface area contributed by atoms with Crippen LogP contribution < -0.4 is 4.74 Å². The van der Waals surface area contributed by atoms with Crippen molar-refractivity contribution in [2.75, 3.05) is 6.61 Å². The lowest BCUT2D eigenvalue weighted by atomic mass is 10.2. The van der Waals surface area contributed by atoms with E-state index >= 15 is 0 Å². The minimum atomic E-state index is 0.0333. The molecule has 0 bridgehead atoms. The molecular weight excluding hydrogens is 244 g/mol. The number of hydrogen-bond acceptors (Lipinski definition) is 2. The van der Waals surface area contributed by atoms with Gasteiger partial charge in [-0.15, -0.1) is 0 Å². The molecule has 0 aromatic heterocycles. The normalized spacial score (nSPS) is 10.2. The fraction of sp³-hybridized carbons (Fsp3) is 0.455. The smallest absolute Gasteiger partial charge is 0.133 e. The van der Waals surface area contributed by atoms with Gasteiger partial charge in [0.05, 0.1) is 17.7 Å². The van der Waals surface area contributed by atoms with Gasteiger partial charge in [-0.1, -0.05) is 25.5 Å². The lowest BCUT2D eigenvalue weighted by Gasteiger charge is -2.09. The molecule has 0 unspecified atom stereocenters. The molecule has 0 atom stereocenters. The maximum atomic E-state index is 9.03. The standard InChI is InChI=1S/C11H15BrO2/c1-2-3-7-14-10-6-4-5-9(8-13)11(10)12/h4-6,13H,2-3,7-8H2,1H3. The van der Waals surface area contributed by atoms with Crippen LogP contribution in [0.5, 0.6) is 5.75 Å². The van der Waals surface area contributed by atoms with E-state index in [2.05, 4.69) is 22.9 Å². The van der Waals surface area contributed by atoms with E-state index < -0.39 is 0 Å². The molecule has 0 heterocycles. The summed E-state index contributed by atoms with van der Waals surface area (Å²) in [5, 5.41) is 9.03. The van der Waals surface area contributed by atoms with Gasteiger partial charge in [0.2, 0.25) is 0 Å². The maximum Gasteiger partial charge on any atom is 0.133 e. The number of aliphatic hydroxyl groups is 1. The Labute approximate surface area is 93.0 Å². The predicted molar refractivity (Wildman–Crippen MR) is 60.5 cm³/mol. The average Bonchev–Trinajstić information content (AvgIpc) is 2.21. The van der Waals surface area contributed by atoms with Crippen LogP contribution in [0.2, 0.25) is 0 Å². The molecule has 0 aliphatic carbocycles. The highest BCUT2D eigenvalue weighted by Crippen LogP contribution is 2.28. The monoisotopic (exact) mass is 258 g/mol. The van der Waals surface area contributed by atoms with Crippen LogP contribution in [0.4, 0.5) is 0 Å². The summed E-state index contributed by atoms with van der Waals surface area (Å²) in [4.78, 5) is 0. The van der Waals surface area contributed by atoms with Crippen LogP contribution in [0.25, 0.3) is 0 Å². The van der Waals surface area contributed by atoms with Crippen LogP contribution in [0.15, 0.2) is 22.7 Å². The molecule has 0 aliphatic heterocycles. The zero-order valence-corrected chi connectivity index (χ0v) is 9.88. The zero-order chi connectivity index (χ0) is 10.4. The summed E-state index contributed by atoms with van der Waals surface area (Å²) in [5.41, 5.74) is 0.860. The van der Waals surface area contributed by atoms with Crippen LogP contribution in [-0.4, -0.2) is 11.7 Å². The minimum absolute atomic E-state index is 0.0333. The van der Waals surface area contributed by atoms with Crippen LogP contribution in [0, 0.1) is 0 Å². The fourth-order valence-electron chi connectivity index (χ4n) is 1.12. The van der Waals surface area contributed by atoms with E-state index in [-0.39, 0.29) is 6.61 Å². The van der Waals surface area contributed by atoms with Gasteiger partial charge < -0.3 is 9.84 Å². The molecule has 1 aromatic rings. The topological polar surface area (TPSA) is 29.5 Å². The summed E-state index contributed by atoms with van der Waals surface area (Å²) < 4.78 is 6.42. The summed E-state index contributed by atoms with van der Waals surface area (Å²) in [6.07, 6.45) is 2.17. The van der Waals surface area contributed by atoms with Gasteiger partial charge >= 0.3 is 0 Å². The van der Waals surface area contributed by atoms with E-state index in [0.29, 0.717) is 0 Å². The summed E-state index contributed by atoms with van der Waals surface area (Å²) in [6, 6.07) is 5.66. The summed E-state index contributed by atoms with van der Waals surface area (Å²) in [7, 11) is 0. The Hall–Kier alpha value is -0.540. The second-order valence-corrected chi connectivity index (χ2v) is 3.88. The quantitative estimate of drug-likeness (QED) is 0.823.